The first kappa shape index (κ1) is 30.6. The Hall–Kier alpha value is -4.90. The van der Waals surface area contributed by atoms with E-state index in [1.807, 2.05) is 53.2 Å². The first-order valence-corrected chi connectivity index (χ1v) is 14.1. The Kier molecular flexibility index (Phi) is 9.44. The van der Waals surface area contributed by atoms with Crippen molar-refractivity contribution in [2.75, 3.05) is 57.2 Å². The molecule has 2 aromatic heterocycles. The molecule has 1 aliphatic heterocycles. The molecule has 0 atom stereocenters. The van der Waals surface area contributed by atoms with E-state index in [0.29, 0.717) is 41.9 Å². The fourth-order valence-corrected chi connectivity index (χ4v) is 5.36. The lowest BCUT2D eigenvalue weighted by Gasteiger charge is -2.31. The molecular formula is C32H36ClN7O4. The van der Waals surface area contributed by atoms with Crippen molar-refractivity contribution in [3.05, 3.63) is 83.7 Å². The second-order valence-electron chi connectivity index (χ2n) is 10.1. The van der Waals surface area contributed by atoms with Crippen molar-refractivity contribution in [1.82, 2.24) is 19.6 Å². The Morgan fingerprint density at radius 2 is 1.50 bits per heavy atom. The van der Waals surface area contributed by atoms with Gasteiger partial charge in [-0.3, -0.25) is 5.43 Å². The number of hydrogen-bond donors (Lipinski definition) is 2. The summed E-state index contributed by atoms with van der Waals surface area (Å²) in [6.07, 6.45) is 3.33. The van der Waals surface area contributed by atoms with Crippen molar-refractivity contribution in [2.45, 2.75) is 19.4 Å². The number of methoxy groups -OCH3 is 4. The van der Waals surface area contributed by atoms with Crippen molar-refractivity contribution < 1.29 is 18.9 Å². The number of imidazole rings is 1. The van der Waals surface area contributed by atoms with Crippen LogP contribution < -0.4 is 34.6 Å². The molecule has 6 rings (SSSR count). The van der Waals surface area contributed by atoms with E-state index in [9.17, 15) is 0 Å². The van der Waals surface area contributed by atoms with Crippen molar-refractivity contribution >= 4 is 41.0 Å². The molecule has 0 unspecified atom stereocenters. The highest BCUT2D eigenvalue weighted by molar-refractivity contribution is 5.86. The molecule has 1 aliphatic rings. The summed E-state index contributed by atoms with van der Waals surface area (Å²) in [5.41, 5.74) is 9.29. The van der Waals surface area contributed by atoms with Gasteiger partial charge in [0.15, 0.2) is 40.0 Å². The highest BCUT2D eigenvalue weighted by Crippen LogP contribution is 2.36. The number of benzene rings is 3. The average molecular weight is 618 g/mol. The van der Waals surface area contributed by atoms with Crippen LogP contribution in [0, 0.1) is 0 Å². The van der Waals surface area contributed by atoms with Gasteiger partial charge in [-0.25, -0.2) is 9.66 Å². The highest BCUT2D eigenvalue weighted by atomic mass is 35.5. The Morgan fingerprint density at radius 1 is 0.795 bits per heavy atom. The summed E-state index contributed by atoms with van der Waals surface area (Å²) in [5.74, 6) is 4.17. The van der Waals surface area contributed by atoms with Gasteiger partial charge in [-0.1, -0.05) is 24.3 Å². The first-order valence-electron chi connectivity index (χ1n) is 14.1. The monoisotopic (exact) mass is 617 g/mol. The van der Waals surface area contributed by atoms with E-state index in [1.165, 1.54) is 11.1 Å². The lowest BCUT2D eigenvalue weighted by Crippen LogP contribution is -2.32. The molecular weight excluding hydrogens is 582 g/mol. The zero-order valence-electron chi connectivity index (χ0n) is 25.2. The Morgan fingerprint density at radius 3 is 2.23 bits per heavy atom. The van der Waals surface area contributed by atoms with Crippen LogP contribution in [0.15, 0.2) is 67.0 Å². The fourth-order valence-electron chi connectivity index (χ4n) is 5.36. The molecule has 0 spiro atoms. The highest BCUT2D eigenvalue weighted by Gasteiger charge is 2.25. The van der Waals surface area contributed by atoms with Crippen LogP contribution in [0.5, 0.6) is 23.0 Å². The maximum atomic E-state index is 5.60. The number of ether oxygens (including phenoxy) is 4. The van der Waals surface area contributed by atoms with E-state index >= 15 is 0 Å². The zero-order chi connectivity index (χ0) is 29.8. The summed E-state index contributed by atoms with van der Waals surface area (Å²) in [5, 5.41) is 3.42. The molecule has 0 saturated heterocycles. The molecule has 0 radical (unpaired) electrons. The van der Waals surface area contributed by atoms with Gasteiger partial charge in [-0.2, -0.15) is 9.97 Å². The number of rotatable bonds is 11. The van der Waals surface area contributed by atoms with E-state index in [2.05, 4.69) is 32.8 Å². The topological polar surface area (TPSA) is 108 Å². The maximum Gasteiger partial charge on any atom is 0.226 e. The minimum absolute atomic E-state index is 0. The third-order valence-electron chi connectivity index (χ3n) is 7.57. The van der Waals surface area contributed by atoms with E-state index in [4.69, 9.17) is 28.9 Å². The van der Waals surface area contributed by atoms with Gasteiger partial charge in [0.1, 0.15) is 6.33 Å². The normalized spacial score (nSPS) is 12.2. The Labute approximate surface area is 262 Å². The SMILES string of the molecule is COc1ccc(CCNc2nc(N3CCc4cc(OC)c(OC)cc4C3)c3c(ncn3Nc3ccccc3)n2)cc1OC.Cl. The summed E-state index contributed by atoms with van der Waals surface area (Å²) < 4.78 is 23.9. The van der Waals surface area contributed by atoms with Gasteiger partial charge in [0, 0.05) is 19.6 Å². The molecule has 0 bridgehead atoms. The number of hydrogen-bond acceptors (Lipinski definition) is 10. The summed E-state index contributed by atoms with van der Waals surface area (Å²) >= 11 is 0. The molecule has 0 fully saturated rings. The molecule has 2 N–H and O–H groups in total. The summed E-state index contributed by atoms with van der Waals surface area (Å²) in [6.45, 7) is 2.06. The molecule has 230 valence electrons. The second-order valence-corrected chi connectivity index (χ2v) is 10.1. The molecule has 0 saturated carbocycles. The predicted molar refractivity (Wildman–Crippen MR) is 174 cm³/mol. The molecule has 11 nitrogen and oxygen atoms in total. The van der Waals surface area contributed by atoms with Crippen LogP contribution in [0.2, 0.25) is 0 Å². The number of nitrogens with zero attached hydrogens (tertiary/aromatic N) is 5. The predicted octanol–water partition coefficient (Wildman–Crippen LogP) is 5.38. The minimum Gasteiger partial charge on any atom is -0.493 e. The van der Waals surface area contributed by atoms with Gasteiger partial charge in [-0.15, -0.1) is 12.4 Å². The van der Waals surface area contributed by atoms with Gasteiger partial charge < -0.3 is 29.2 Å². The quantitative estimate of drug-likeness (QED) is 0.201. The van der Waals surface area contributed by atoms with Crippen LogP contribution in [-0.2, 0) is 19.4 Å². The Balaban J connectivity index is 0.00000384. The van der Waals surface area contributed by atoms with E-state index < -0.39 is 0 Å². The third-order valence-corrected chi connectivity index (χ3v) is 7.57. The number of nitrogens with one attached hydrogen (secondary N) is 2. The number of fused-ring (bicyclic) bond motifs is 2. The van der Waals surface area contributed by atoms with Crippen LogP contribution in [0.1, 0.15) is 16.7 Å². The molecule has 3 heterocycles. The maximum absolute atomic E-state index is 5.60. The summed E-state index contributed by atoms with van der Waals surface area (Å²) in [6, 6.07) is 20.0. The molecule has 12 heteroatoms. The number of para-hydroxylation sites is 1. The van der Waals surface area contributed by atoms with Crippen LogP contribution >= 0.6 is 12.4 Å². The Bertz CT molecular complexity index is 1730. The van der Waals surface area contributed by atoms with E-state index in [-0.39, 0.29) is 12.4 Å². The molecule has 0 amide bonds. The summed E-state index contributed by atoms with van der Waals surface area (Å²) in [7, 11) is 6.60. The molecule has 5 aromatic rings. The first-order chi connectivity index (χ1) is 21.1. The van der Waals surface area contributed by atoms with Crippen LogP contribution in [0.3, 0.4) is 0 Å². The van der Waals surface area contributed by atoms with Crippen molar-refractivity contribution in [3.63, 3.8) is 0 Å². The van der Waals surface area contributed by atoms with Crippen LogP contribution in [-0.4, -0.2) is 61.2 Å². The molecule has 3 aromatic carbocycles. The van der Waals surface area contributed by atoms with Crippen molar-refractivity contribution in [2.24, 2.45) is 0 Å². The smallest absolute Gasteiger partial charge is 0.226 e. The molecule has 44 heavy (non-hydrogen) atoms. The largest absolute Gasteiger partial charge is 0.493 e. The van der Waals surface area contributed by atoms with Gasteiger partial charge in [0.25, 0.3) is 0 Å². The van der Waals surface area contributed by atoms with Crippen molar-refractivity contribution in [1.29, 1.82) is 0 Å². The van der Waals surface area contributed by atoms with Gasteiger partial charge in [-0.05, 0) is 65.9 Å². The fraction of sp³-hybridized carbons (Fsp3) is 0.281. The standard InChI is InChI=1S/C32H35N7O4.ClH/c1-40-25-11-10-21(16-26(25)41-2)12-14-33-32-35-30-29(39(20-34-30)37-24-8-6-5-7-9-24)31(36-32)38-15-13-22-17-27(42-3)28(43-4)18-23(22)19-38;/h5-11,16-18,20,37H,12-15,19H2,1-4H3,(H,33,35,36);1H. The van der Waals surface area contributed by atoms with E-state index in [1.54, 1.807) is 34.8 Å². The summed E-state index contributed by atoms with van der Waals surface area (Å²) in [4.78, 5) is 16.7. The second kappa shape index (κ2) is 13.6. The van der Waals surface area contributed by atoms with Crippen molar-refractivity contribution in [3.8, 4) is 23.0 Å². The zero-order valence-corrected chi connectivity index (χ0v) is 26.0. The lowest BCUT2D eigenvalue weighted by atomic mass is 9.98. The van der Waals surface area contributed by atoms with Gasteiger partial charge in [0.05, 0.1) is 34.1 Å². The van der Waals surface area contributed by atoms with E-state index in [0.717, 1.165) is 47.7 Å². The average Bonchev–Trinajstić information content (AvgIpc) is 3.45. The molecule has 0 aliphatic carbocycles. The number of anilines is 3. The number of aromatic nitrogens is 4. The van der Waals surface area contributed by atoms with Gasteiger partial charge >= 0.3 is 0 Å². The number of halogens is 1. The van der Waals surface area contributed by atoms with Crippen LogP contribution in [0.4, 0.5) is 17.5 Å². The third kappa shape index (κ3) is 6.23. The lowest BCUT2D eigenvalue weighted by molar-refractivity contribution is 0.353. The van der Waals surface area contributed by atoms with Crippen LogP contribution in [0.25, 0.3) is 11.2 Å². The minimum atomic E-state index is 0. The van der Waals surface area contributed by atoms with Gasteiger partial charge in [0.2, 0.25) is 5.95 Å².